The largest absolute Gasteiger partial charge is 0.416 e. The van der Waals surface area contributed by atoms with Crippen molar-refractivity contribution in [3.8, 4) is 0 Å². The summed E-state index contributed by atoms with van der Waals surface area (Å²) < 4.78 is 64.5. The zero-order valence-corrected chi connectivity index (χ0v) is 16.1. The van der Waals surface area contributed by atoms with Gasteiger partial charge in [0, 0.05) is 32.2 Å². The van der Waals surface area contributed by atoms with E-state index in [1.54, 1.807) is 6.07 Å². The Hall–Kier alpha value is -2.68. The molecule has 2 N–H and O–H groups in total. The molecule has 1 saturated heterocycles. The van der Waals surface area contributed by atoms with Crippen molar-refractivity contribution in [2.75, 3.05) is 13.1 Å². The molecule has 1 fully saturated rings. The molecule has 3 rings (SSSR count). The first kappa shape index (κ1) is 22.0. The van der Waals surface area contributed by atoms with Crippen LogP contribution in [0.25, 0.3) is 0 Å². The third kappa shape index (κ3) is 6.16. The quantitative estimate of drug-likeness (QED) is 0.693. The number of hydrogen-bond donors (Lipinski definition) is 2. The molecule has 2 aromatic rings. The molecular formula is C21H22F5N3O. The van der Waals surface area contributed by atoms with Crippen LogP contribution in [0.15, 0.2) is 42.5 Å². The summed E-state index contributed by atoms with van der Waals surface area (Å²) in [6, 6.07) is 8.15. The standard InChI is InChI=1S/C21H22F5N3O/c22-18-5-4-15(11-19(18)23)13-29-8-6-17(7-9-29)28-20(30)27-12-14-2-1-3-16(10-14)21(24,25)26/h1-5,10-11,17H,6-9,12-13H2,(H2,27,28,30). The summed E-state index contributed by atoms with van der Waals surface area (Å²) in [6.07, 6.45) is -3.06. The first-order chi connectivity index (χ1) is 14.2. The Morgan fingerprint density at radius 1 is 1.00 bits per heavy atom. The molecule has 0 aliphatic carbocycles. The second-order valence-corrected chi connectivity index (χ2v) is 7.32. The van der Waals surface area contributed by atoms with Gasteiger partial charge in [0.25, 0.3) is 0 Å². The van der Waals surface area contributed by atoms with E-state index >= 15 is 0 Å². The van der Waals surface area contributed by atoms with Crippen molar-refractivity contribution < 1.29 is 26.7 Å². The number of halogens is 5. The van der Waals surface area contributed by atoms with E-state index in [1.807, 2.05) is 0 Å². The minimum absolute atomic E-state index is 0.00920. The van der Waals surface area contributed by atoms with Crippen LogP contribution in [-0.2, 0) is 19.3 Å². The lowest BCUT2D eigenvalue weighted by molar-refractivity contribution is -0.137. The van der Waals surface area contributed by atoms with Crippen LogP contribution in [-0.4, -0.2) is 30.1 Å². The lowest BCUT2D eigenvalue weighted by atomic mass is 10.0. The summed E-state index contributed by atoms with van der Waals surface area (Å²) >= 11 is 0. The lowest BCUT2D eigenvalue weighted by Crippen LogP contribution is -2.47. The molecule has 1 heterocycles. The van der Waals surface area contributed by atoms with Gasteiger partial charge in [0.2, 0.25) is 0 Å². The minimum Gasteiger partial charge on any atom is -0.335 e. The third-order valence-electron chi connectivity index (χ3n) is 5.02. The zero-order valence-electron chi connectivity index (χ0n) is 16.1. The Kier molecular flexibility index (Phi) is 6.91. The molecule has 0 aromatic heterocycles. The molecule has 0 radical (unpaired) electrons. The second kappa shape index (κ2) is 9.42. The van der Waals surface area contributed by atoms with Crippen LogP contribution in [0.3, 0.4) is 0 Å². The fraction of sp³-hybridized carbons (Fsp3) is 0.381. The Labute approximate surface area is 171 Å². The fourth-order valence-corrected chi connectivity index (χ4v) is 3.41. The highest BCUT2D eigenvalue weighted by Gasteiger charge is 2.30. The summed E-state index contributed by atoms with van der Waals surface area (Å²) in [5.74, 6) is -1.75. The molecule has 1 aliphatic rings. The van der Waals surface area contributed by atoms with E-state index in [1.165, 1.54) is 18.2 Å². The number of benzene rings is 2. The number of carbonyl (C=O) groups excluding carboxylic acids is 1. The molecule has 162 valence electrons. The second-order valence-electron chi connectivity index (χ2n) is 7.32. The average Bonchev–Trinajstić information content (AvgIpc) is 2.70. The number of hydrogen-bond acceptors (Lipinski definition) is 2. The lowest BCUT2D eigenvalue weighted by Gasteiger charge is -2.32. The SMILES string of the molecule is O=C(NCc1cccc(C(F)(F)F)c1)NC1CCN(Cc2ccc(F)c(F)c2)CC1. The van der Waals surface area contributed by atoms with E-state index in [-0.39, 0.29) is 12.6 Å². The van der Waals surface area contributed by atoms with Crippen molar-refractivity contribution >= 4 is 6.03 Å². The Bertz CT molecular complexity index is 879. The maximum absolute atomic E-state index is 13.3. The first-order valence-corrected chi connectivity index (χ1v) is 9.57. The van der Waals surface area contributed by atoms with E-state index in [0.717, 1.165) is 18.2 Å². The average molecular weight is 427 g/mol. The van der Waals surface area contributed by atoms with Gasteiger partial charge in [-0.1, -0.05) is 18.2 Å². The molecular weight excluding hydrogens is 405 g/mol. The van der Waals surface area contributed by atoms with Gasteiger partial charge in [-0.25, -0.2) is 13.6 Å². The van der Waals surface area contributed by atoms with Crippen LogP contribution in [0.1, 0.15) is 29.5 Å². The highest BCUT2D eigenvalue weighted by atomic mass is 19.4. The van der Waals surface area contributed by atoms with Crippen molar-refractivity contribution in [1.82, 2.24) is 15.5 Å². The summed E-state index contributed by atoms with van der Waals surface area (Å²) in [5.41, 5.74) is 0.288. The van der Waals surface area contributed by atoms with Gasteiger partial charge in [-0.15, -0.1) is 0 Å². The van der Waals surface area contributed by atoms with Crippen LogP contribution < -0.4 is 10.6 Å². The number of piperidine rings is 1. The predicted molar refractivity (Wildman–Crippen MR) is 101 cm³/mol. The van der Waals surface area contributed by atoms with Crippen LogP contribution in [0.5, 0.6) is 0 Å². The van der Waals surface area contributed by atoms with Gasteiger partial charge in [-0.05, 0) is 48.2 Å². The van der Waals surface area contributed by atoms with Crippen molar-refractivity contribution in [2.24, 2.45) is 0 Å². The number of rotatable bonds is 5. The number of nitrogens with one attached hydrogen (secondary N) is 2. The van der Waals surface area contributed by atoms with Crippen molar-refractivity contribution in [3.63, 3.8) is 0 Å². The minimum atomic E-state index is -4.42. The maximum atomic E-state index is 13.3. The van der Waals surface area contributed by atoms with E-state index in [4.69, 9.17) is 0 Å². The van der Waals surface area contributed by atoms with Crippen LogP contribution >= 0.6 is 0 Å². The van der Waals surface area contributed by atoms with Gasteiger partial charge in [0.1, 0.15) is 0 Å². The van der Waals surface area contributed by atoms with E-state index < -0.39 is 29.4 Å². The summed E-state index contributed by atoms with van der Waals surface area (Å²) in [7, 11) is 0. The normalized spacial score (nSPS) is 15.8. The highest BCUT2D eigenvalue weighted by molar-refractivity contribution is 5.74. The zero-order chi connectivity index (χ0) is 21.7. The number of carbonyl (C=O) groups is 1. The fourth-order valence-electron chi connectivity index (χ4n) is 3.41. The van der Waals surface area contributed by atoms with E-state index in [9.17, 15) is 26.7 Å². The van der Waals surface area contributed by atoms with Crippen LogP contribution in [0.2, 0.25) is 0 Å². The molecule has 0 unspecified atom stereocenters. The topological polar surface area (TPSA) is 44.4 Å². The molecule has 1 aliphatic heterocycles. The Balaban J connectivity index is 1.41. The predicted octanol–water partition coefficient (Wildman–Crippen LogP) is 4.45. The molecule has 2 aromatic carbocycles. The Morgan fingerprint density at radius 2 is 1.73 bits per heavy atom. The Morgan fingerprint density at radius 3 is 2.40 bits per heavy atom. The van der Waals surface area contributed by atoms with Gasteiger partial charge in [0.05, 0.1) is 5.56 Å². The number of alkyl halides is 3. The number of amides is 2. The molecule has 30 heavy (non-hydrogen) atoms. The molecule has 2 amide bonds. The van der Waals surface area contributed by atoms with Gasteiger partial charge in [0.15, 0.2) is 11.6 Å². The smallest absolute Gasteiger partial charge is 0.335 e. The van der Waals surface area contributed by atoms with Gasteiger partial charge >= 0.3 is 12.2 Å². The first-order valence-electron chi connectivity index (χ1n) is 9.57. The summed E-state index contributed by atoms with van der Waals surface area (Å²) in [6.45, 7) is 1.84. The monoisotopic (exact) mass is 427 g/mol. The summed E-state index contributed by atoms with van der Waals surface area (Å²) in [4.78, 5) is 14.2. The molecule has 4 nitrogen and oxygen atoms in total. The van der Waals surface area contributed by atoms with Crippen LogP contribution in [0, 0.1) is 11.6 Å². The molecule has 0 bridgehead atoms. The third-order valence-corrected chi connectivity index (χ3v) is 5.02. The van der Waals surface area contributed by atoms with E-state index in [2.05, 4.69) is 15.5 Å². The van der Waals surface area contributed by atoms with Gasteiger partial charge in [-0.3, -0.25) is 4.90 Å². The number of nitrogens with zero attached hydrogens (tertiary/aromatic N) is 1. The molecule has 0 spiro atoms. The van der Waals surface area contributed by atoms with Crippen LogP contribution in [0.4, 0.5) is 26.7 Å². The highest BCUT2D eigenvalue weighted by Crippen LogP contribution is 2.29. The summed E-state index contributed by atoms with van der Waals surface area (Å²) in [5, 5.41) is 5.41. The molecule has 0 atom stereocenters. The van der Waals surface area contributed by atoms with Crippen molar-refractivity contribution in [1.29, 1.82) is 0 Å². The molecule has 9 heteroatoms. The maximum Gasteiger partial charge on any atom is 0.416 e. The number of urea groups is 1. The van der Waals surface area contributed by atoms with E-state index in [0.29, 0.717) is 43.6 Å². The van der Waals surface area contributed by atoms with Crippen molar-refractivity contribution in [3.05, 3.63) is 70.8 Å². The van der Waals surface area contributed by atoms with Crippen molar-refractivity contribution in [2.45, 2.75) is 38.1 Å². The number of likely N-dealkylation sites (tertiary alicyclic amines) is 1. The van der Waals surface area contributed by atoms with Gasteiger partial charge < -0.3 is 10.6 Å². The van der Waals surface area contributed by atoms with Gasteiger partial charge in [-0.2, -0.15) is 13.2 Å². The molecule has 0 saturated carbocycles.